The molecule has 1 aliphatic carbocycles. The van der Waals surface area contributed by atoms with Gasteiger partial charge in [0.2, 0.25) is 0 Å². The van der Waals surface area contributed by atoms with Crippen LogP contribution in [0, 0.1) is 11.8 Å². The van der Waals surface area contributed by atoms with E-state index in [1.54, 1.807) is 6.20 Å². The van der Waals surface area contributed by atoms with Gasteiger partial charge in [-0.05, 0) is 31.2 Å². The van der Waals surface area contributed by atoms with Crippen molar-refractivity contribution in [3.05, 3.63) is 18.0 Å². The molecule has 1 fully saturated rings. The number of carbonyl (C=O) groups is 1. The summed E-state index contributed by atoms with van der Waals surface area (Å²) in [6, 6.07) is 0. The van der Waals surface area contributed by atoms with Gasteiger partial charge in [0.25, 0.3) is 5.91 Å². The van der Waals surface area contributed by atoms with Crippen LogP contribution in [0.2, 0.25) is 0 Å². The van der Waals surface area contributed by atoms with E-state index in [1.807, 2.05) is 0 Å². The monoisotopic (exact) mass is 222 g/mol. The van der Waals surface area contributed by atoms with Gasteiger partial charge in [0.15, 0.2) is 0 Å². The molecule has 5 heteroatoms. The number of carbonyl (C=O) groups excluding carboxylic acids is 1. The molecule has 2 rings (SSSR count). The van der Waals surface area contributed by atoms with Gasteiger partial charge in [-0.25, -0.2) is 0 Å². The summed E-state index contributed by atoms with van der Waals surface area (Å²) >= 11 is 0. The van der Waals surface area contributed by atoms with E-state index in [2.05, 4.69) is 15.5 Å². The van der Waals surface area contributed by atoms with Crippen molar-refractivity contribution < 1.29 is 4.79 Å². The molecule has 16 heavy (non-hydrogen) atoms. The third kappa shape index (κ3) is 2.41. The van der Waals surface area contributed by atoms with Crippen molar-refractivity contribution in [3.8, 4) is 0 Å². The summed E-state index contributed by atoms with van der Waals surface area (Å²) in [4.78, 5) is 11.7. The SMILES string of the molecule is NCC1CCCC1CNC(=O)c1cn[nH]c1. The zero-order valence-electron chi connectivity index (χ0n) is 9.28. The third-order valence-corrected chi connectivity index (χ3v) is 3.40. The Morgan fingerprint density at radius 3 is 3.06 bits per heavy atom. The van der Waals surface area contributed by atoms with Crippen LogP contribution >= 0.6 is 0 Å². The molecule has 0 bridgehead atoms. The first-order valence-corrected chi connectivity index (χ1v) is 5.78. The van der Waals surface area contributed by atoms with Crippen molar-refractivity contribution in [1.82, 2.24) is 15.5 Å². The van der Waals surface area contributed by atoms with Gasteiger partial charge in [0, 0.05) is 12.7 Å². The smallest absolute Gasteiger partial charge is 0.254 e. The number of hydrogen-bond acceptors (Lipinski definition) is 3. The number of rotatable bonds is 4. The number of amides is 1. The van der Waals surface area contributed by atoms with Gasteiger partial charge < -0.3 is 11.1 Å². The second kappa shape index (κ2) is 5.12. The number of nitrogens with one attached hydrogen (secondary N) is 2. The lowest BCUT2D eigenvalue weighted by Gasteiger charge is -2.17. The van der Waals surface area contributed by atoms with E-state index in [4.69, 9.17) is 5.73 Å². The quantitative estimate of drug-likeness (QED) is 0.694. The van der Waals surface area contributed by atoms with Gasteiger partial charge in [-0.3, -0.25) is 9.89 Å². The van der Waals surface area contributed by atoms with Crippen LogP contribution in [0.4, 0.5) is 0 Å². The second-order valence-corrected chi connectivity index (χ2v) is 4.38. The molecule has 1 amide bonds. The zero-order valence-corrected chi connectivity index (χ0v) is 9.28. The predicted octanol–water partition coefficient (Wildman–Crippen LogP) is 0.515. The molecular weight excluding hydrogens is 204 g/mol. The van der Waals surface area contributed by atoms with Crippen molar-refractivity contribution in [2.24, 2.45) is 17.6 Å². The van der Waals surface area contributed by atoms with Crippen LogP contribution in [-0.2, 0) is 0 Å². The van der Waals surface area contributed by atoms with Crippen LogP contribution in [0.5, 0.6) is 0 Å². The van der Waals surface area contributed by atoms with Gasteiger partial charge in [-0.1, -0.05) is 6.42 Å². The highest BCUT2D eigenvalue weighted by atomic mass is 16.1. The lowest BCUT2D eigenvalue weighted by atomic mass is 9.96. The molecule has 0 spiro atoms. The van der Waals surface area contributed by atoms with Crippen molar-refractivity contribution in [2.45, 2.75) is 19.3 Å². The van der Waals surface area contributed by atoms with Gasteiger partial charge in [0.05, 0.1) is 11.8 Å². The first kappa shape index (κ1) is 11.1. The standard InChI is InChI=1S/C11H18N4O/c12-4-8-2-1-3-9(8)5-13-11(16)10-6-14-15-7-10/h6-9H,1-5,12H2,(H,13,16)(H,14,15). The van der Waals surface area contributed by atoms with E-state index < -0.39 is 0 Å². The molecule has 0 aliphatic heterocycles. The minimum Gasteiger partial charge on any atom is -0.352 e. The summed E-state index contributed by atoms with van der Waals surface area (Å²) in [7, 11) is 0. The Kier molecular flexibility index (Phi) is 3.56. The van der Waals surface area contributed by atoms with E-state index in [0.29, 0.717) is 17.4 Å². The Morgan fingerprint density at radius 2 is 2.38 bits per heavy atom. The largest absolute Gasteiger partial charge is 0.352 e. The van der Waals surface area contributed by atoms with Gasteiger partial charge in [-0.2, -0.15) is 5.10 Å². The topological polar surface area (TPSA) is 83.8 Å². The maximum Gasteiger partial charge on any atom is 0.254 e. The first-order valence-electron chi connectivity index (χ1n) is 5.78. The van der Waals surface area contributed by atoms with Crippen molar-refractivity contribution in [1.29, 1.82) is 0 Å². The van der Waals surface area contributed by atoms with E-state index in [-0.39, 0.29) is 5.91 Å². The number of hydrogen-bond donors (Lipinski definition) is 3. The lowest BCUT2D eigenvalue weighted by molar-refractivity contribution is 0.0944. The van der Waals surface area contributed by atoms with Crippen LogP contribution in [-0.4, -0.2) is 29.2 Å². The summed E-state index contributed by atoms with van der Waals surface area (Å²) in [6.07, 6.45) is 6.74. The summed E-state index contributed by atoms with van der Waals surface area (Å²) < 4.78 is 0. The summed E-state index contributed by atoms with van der Waals surface area (Å²) in [5.74, 6) is 1.06. The third-order valence-electron chi connectivity index (χ3n) is 3.40. The number of nitrogens with two attached hydrogens (primary N) is 1. The molecule has 1 aromatic heterocycles. The molecule has 0 saturated heterocycles. The molecule has 88 valence electrons. The van der Waals surface area contributed by atoms with Gasteiger partial charge in [0.1, 0.15) is 0 Å². The molecule has 4 N–H and O–H groups in total. The van der Waals surface area contributed by atoms with Crippen LogP contribution in [0.3, 0.4) is 0 Å². The van der Waals surface area contributed by atoms with E-state index in [0.717, 1.165) is 13.1 Å². The number of nitrogens with zero attached hydrogens (tertiary/aromatic N) is 1. The molecular formula is C11H18N4O. The normalized spacial score (nSPS) is 24.6. The van der Waals surface area contributed by atoms with Crippen molar-refractivity contribution in [2.75, 3.05) is 13.1 Å². The fraction of sp³-hybridized carbons (Fsp3) is 0.636. The lowest BCUT2D eigenvalue weighted by Crippen LogP contribution is -2.32. The molecule has 1 heterocycles. The Bertz CT molecular complexity index is 336. The van der Waals surface area contributed by atoms with Crippen molar-refractivity contribution >= 4 is 5.91 Å². The Balaban J connectivity index is 1.81. The van der Waals surface area contributed by atoms with Crippen LogP contribution in [0.15, 0.2) is 12.4 Å². The predicted molar refractivity (Wildman–Crippen MR) is 60.8 cm³/mol. The summed E-state index contributed by atoms with van der Waals surface area (Å²) in [5.41, 5.74) is 6.28. The first-order chi connectivity index (χ1) is 7.81. The van der Waals surface area contributed by atoms with E-state index in [9.17, 15) is 4.79 Å². The number of aromatic amines is 1. The highest BCUT2D eigenvalue weighted by Crippen LogP contribution is 2.30. The summed E-state index contributed by atoms with van der Waals surface area (Å²) in [5, 5.41) is 9.31. The Labute approximate surface area is 94.8 Å². The molecule has 0 aromatic carbocycles. The fourth-order valence-corrected chi connectivity index (χ4v) is 2.39. The molecule has 2 atom stereocenters. The fourth-order valence-electron chi connectivity index (χ4n) is 2.39. The molecule has 1 aromatic rings. The highest BCUT2D eigenvalue weighted by Gasteiger charge is 2.26. The van der Waals surface area contributed by atoms with Gasteiger partial charge in [-0.15, -0.1) is 0 Å². The van der Waals surface area contributed by atoms with Gasteiger partial charge >= 0.3 is 0 Å². The molecule has 5 nitrogen and oxygen atoms in total. The highest BCUT2D eigenvalue weighted by molar-refractivity contribution is 5.93. The molecule has 2 unspecified atom stereocenters. The van der Waals surface area contributed by atoms with Crippen LogP contribution < -0.4 is 11.1 Å². The Hall–Kier alpha value is -1.36. The number of H-pyrrole nitrogens is 1. The average molecular weight is 222 g/mol. The maximum absolute atomic E-state index is 11.7. The minimum atomic E-state index is -0.0589. The minimum absolute atomic E-state index is 0.0589. The summed E-state index contributed by atoms with van der Waals surface area (Å²) in [6.45, 7) is 1.46. The maximum atomic E-state index is 11.7. The average Bonchev–Trinajstić information content (AvgIpc) is 2.96. The van der Waals surface area contributed by atoms with E-state index in [1.165, 1.54) is 25.5 Å². The van der Waals surface area contributed by atoms with E-state index >= 15 is 0 Å². The molecule has 1 saturated carbocycles. The molecule has 1 aliphatic rings. The van der Waals surface area contributed by atoms with Crippen LogP contribution in [0.1, 0.15) is 29.6 Å². The Morgan fingerprint density at radius 1 is 1.56 bits per heavy atom. The zero-order chi connectivity index (χ0) is 11.4. The number of aromatic nitrogens is 2. The van der Waals surface area contributed by atoms with Crippen molar-refractivity contribution in [3.63, 3.8) is 0 Å². The van der Waals surface area contributed by atoms with Crippen LogP contribution in [0.25, 0.3) is 0 Å². The second-order valence-electron chi connectivity index (χ2n) is 4.38. The molecule has 0 radical (unpaired) electrons.